The third-order valence-electron chi connectivity index (χ3n) is 6.27. The molecular weight excluding hydrogens is 337 g/mol. The average molecular weight is 364 g/mol. The molecule has 0 amide bonds. The third-order valence-corrected chi connectivity index (χ3v) is 6.27. The minimum absolute atomic E-state index is 0.0652. The minimum atomic E-state index is -2.52. The van der Waals surface area contributed by atoms with Gasteiger partial charge in [-0.15, -0.1) is 0 Å². The molecule has 2 aliphatic carbocycles. The summed E-state index contributed by atoms with van der Waals surface area (Å²) in [6.07, 6.45) is 3.12. The standard InChI is InChI=1S/C22H27F3O/c1-13-15(21(24)25)8-9-19(23)20(13)16-7-6-14(12-26)11-17(16)18-5-4-10-22(18,2)3/h6-9,11,13,15,18,21,26H,4-5,10,12H2,1-3H3/t13?,15?,18-/m1/s1. The van der Waals surface area contributed by atoms with Crippen molar-refractivity contribution in [1.29, 1.82) is 0 Å². The van der Waals surface area contributed by atoms with Crippen LogP contribution in [0.15, 0.2) is 36.2 Å². The first-order valence-electron chi connectivity index (χ1n) is 9.36. The van der Waals surface area contributed by atoms with Gasteiger partial charge in [0.25, 0.3) is 0 Å². The number of aliphatic hydroxyl groups is 1. The highest BCUT2D eigenvalue weighted by Crippen LogP contribution is 2.52. The summed E-state index contributed by atoms with van der Waals surface area (Å²) < 4.78 is 41.6. The van der Waals surface area contributed by atoms with Crippen LogP contribution in [-0.4, -0.2) is 11.5 Å². The first-order chi connectivity index (χ1) is 12.3. The van der Waals surface area contributed by atoms with Crippen molar-refractivity contribution >= 4 is 5.57 Å². The molecule has 0 heterocycles. The topological polar surface area (TPSA) is 20.2 Å². The van der Waals surface area contributed by atoms with Gasteiger partial charge < -0.3 is 5.11 Å². The maximum atomic E-state index is 14.8. The molecule has 26 heavy (non-hydrogen) atoms. The monoisotopic (exact) mass is 364 g/mol. The molecule has 0 bridgehead atoms. The summed E-state index contributed by atoms with van der Waals surface area (Å²) in [5.74, 6) is -1.77. The van der Waals surface area contributed by atoms with Crippen molar-refractivity contribution in [2.24, 2.45) is 17.3 Å². The lowest BCUT2D eigenvalue weighted by molar-refractivity contribution is 0.0843. The second-order valence-corrected chi connectivity index (χ2v) is 8.33. The lowest BCUT2D eigenvalue weighted by Gasteiger charge is -2.33. The average Bonchev–Trinajstić information content (AvgIpc) is 2.94. The molecule has 3 atom stereocenters. The fourth-order valence-corrected chi connectivity index (χ4v) is 4.69. The molecule has 0 aromatic heterocycles. The van der Waals surface area contributed by atoms with Crippen molar-refractivity contribution in [2.45, 2.75) is 59.0 Å². The zero-order chi connectivity index (χ0) is 19.1. The van der Waals surface area contributed by atoms with Crippen LogP contribution >= 0.6 is 0 Å². The first kappa shape index (κ1) is 19.2. The van der Waals surface area contributed by atoms with Crippen LogP contribution in [0.5, 0.6) is 0 Å². The Morgan fingerprint density at radius 1 is 1.27 bits per heavy atom. The van der Waals surface area contributed by atoms with E-state index in [-0.39, 0.29) is 17.9 Å². The Balaban J connectivity index is 2.14. The first-order valence-corrected chi connectivity index (χ1v) is 9.36. The van der Waals surface area contributed by atoms with Crippen LogP contribution in [0.3, 0.4) is 0 Å². The molecule has 0 radical (unpaired) electrons. The maximum absolute atomic E-state index is 14.8. The van der Waals surface area contributed by atoms with Crippen LogP contribution in [0.25, 0.3) is 5.57 Å². The normalized spacial score (nSPS) is 28.2. The second kappa shape index (κ2) is 7.22. The lowest BCUT2D eigenvalue weighted by atomic mass is 9.72. The van der Waals surface area contributed by atoms with Gasteiger partial charge in [0.15, 0.2) is 0 Å². The van der Waals surface area contributed by atoms with Crippen LogP contribution in [0.1, 0.15) is 62.6 Å². The molecule has 1 saturated carbocycles. The number of alkyl halides is 2. The Morgan fingerprint density at radius 2 is 2.00 bits per heavy atom. The third kappa shape index (κ3) is 3.36. The number of aliphatic hydroxyl groups excluding tert-OH is 1. The smallest absolute Gasteiger partial charge is 0.245 e. The van der Waals surface area contributed by atoms with Crippen LogP contribution in [0.4, 0.5) is 13.2 Å². The van der Waals surface area contributed by atoms with Crippen LogP contribution in [-0.2, 0) is 6.61 Å². The van der Waals surface area contributed by atoms with Gasteiger partial charge in [-0.3, -0.25) is 0 Å². The van der Waals surface area contributed by atoms with Crippen LogP contribution in [0, 0.1) is 17.3 Å². The molecule has 4 heteroatoms. The van der Waals surface area contributed by atoms with E-state index in [1.165, 1.54) is 12.2 Å². The molecule has 3 rings (SSSR count). The van der Waals surface area contributed by atoms with Crippen LogP contribution in [0.2, 0.25) is 0 Å². The van der Waals surface area contributed by atoms with E-state index in [0.717, 1.165) is 36.0 Å². The summed E-state index contributed by atoms with van der Waals surface area (Å²) in [6, 6.07) is 5.52. The SMILES string of the molecule is CC1C(c2ccc(CO)cc2[C@H]2CCCC2(C)C)=C(F)C=CC1C(F)F. The van der Waals surface area contributed by atoms with Gasteiger partial charge in [-0.25, -0.2) is 13.2 Å². The van der Waals surface area contributed by atoms with Crippen LogP contribution < -0.4 is 0 Å². The predicted octanol–water partition coefficient (Wildman–Crippen LogP) is 6.24. The van der Waals surface area contributed by atoms with Gasteiger partial charge in [0.2, 0.25) is 6.43 Å². The molecule has 142 valence electrons. The Hall–Kier alpha value is -1.55. The van der Waals surface area contributed by atoms with E-state index in [4.69, 9.17) is 0 Å². The quantitative estimate of drug-likeness (QED) is 0.670. The van der Waals surface area contributed by atoms with Gasteiger partial charge in [-0.1, -0.05) is 51.5 Å². The predicted molar refractivity (Wildman–Crippen MR) is 98.6 cm³/mol. The van der Waals surface area contributed by atoms with Gasteiger partial charge in [0.1, 0.15) is 5.83 Å². The largest absolute Gasteiger partial charge is 0.392 e. The number of halogens is 3. The highest BCUT2D eigenvalue weighted by molar-refractivity contribution is 5.75. The van der Waals surface area contributed by atoms with Gasteiger partial charge in [-0.2, -0.15) is 0 Å². The molecule has 1 N–H and O–H groups in total. The molecular formula is C22H27F3O. The fourth-order valence-electron chi connectivity index (χ4n) is 4.69. The molecule has 0 spiro atoms. The molecule has 1 aromatic rings. The molecule has 1 aromatic carbocycles. The van der Waals surface area contributed by atoms with Crippen molar-refractivity contribution in [1.82, 2.24) is 0 Å². The van der Waals surface area contributed by atoms with E-state index in [1.807, 2.05) is 12.1 Å². The van der Waals surface area contributed by atoms with E-state index in [1.54, 1.807) is 13.0 Å². The highest BCUT2D eigenvalue weighted by Gasteiger charge is 2.39. The van der Waals surface area contributed by atoms with Gasteiger partial charge in [-0.05, 0) is 58.4 Å². The molecule has 2 aliphatic rings. The summed E-state index contributed by atoms with van der Waals surface area (Å²) in [7, 11) is 0. The van der Waals surface area contributed by atoms with Crippen molar-refractivity contribution in [3.63, 3.8) is 0 Å². The van der Waals surface area contributed by atoms with E-state index in [9.17, 15) is 18.3 Å². The van der Waals surface area contributed by atoms with Gasteiger partial charge in [0.05, 0.1) is 6.61 Å². The maximum Gasteiger partial charge on any atom is 0.245 e. The van der Waals surface area contributed by atoms with Gasteiger partial charge in [0, 0.05) is 5.92 Å². The number of rotatable bonds is 4. The van der Waals surface area contributed by atoms with E-state index >= 15 is 0 Å². The zero-order valence-electron chi connectivity index (χ0n) is 15.6. The number of benzene rings is 1. The van der Waals surface area contributed by atoms with Crippen molar-refractivity contribution < 1.29 is 18.3 Å². The summed E-state index contributed by atoms with van der Waals surface area (Å²) in [5.41, 5.74) is 2.92. The van der Waals surface area contributed by atoms with Crippen molar-refractivity contribution in [3.8, 4) is 0 Å². The fraction of sp³-hybridized carbons (Fsp3) is 0.545. The Morgan fingerprint density at radius 3 is 2.58 bits per heavy atom. The van der Waals surface area contributed by atoms with Gasteiger partial charge >= 0.3 is 0 Å². The molecule has 0 aliphatic heterocycles. The Bertz CT molecular complexity index is 733. The number of hydrogen-bond donors (Lipinski definition) is 1. The van der Waals surface area contributed by atoms with E-state index in [2.05, 4.69) is 13.8 Å². The molecule has 0 saturated heterocycles. The Labute approximate surface area is 153 Å². The number of allylic oxidation sites excluding steroid dienone is 4. The zero-order valence-corrected chi connectivity index (χ0v) is 15.6. The van der Waals surface area contributed by atoms with E-state index < -0.39 is 24.1 Å². The highest BCUT2D eigenvalue weighted by atomic mass is 19.3. The second-order valence-electron chi connectivity index (χ2n) is 8.33. The minimum Gasteiger partial charge on any atom is -0.392 e. The molecule has 1 fully saturated rings. The summed E-state index contributed by atoms with van der Waals surface area (Å²) in [4.78, 5) is 0. The summed E-state index contributed by atoms with van der Waals surface area (Å²) >= 11 is 0. The van der Waals surface area contributed by atoms with Crippen molar-refractivity contribution in [2.75, 3.05) is 0 Å². The summed E-state index contributed by atoms with van der Waals surface area (Å²) in [6.45, 7) is 6.00. The Kier molecular flexibility index (Phi) is 5.34. The molecule has 2 unspecified atom stereocenters. The lowest BCUT2D eigenvalue weighted by Crippen LogP contribution is -2.24. The molecule has 1 nitrogen and oxygen atoms in total. The summed E-state index contributed by atoms with van der Waals surface area (Å²) in [5, 5.41) is 9.56. The number of hydrogen-bond acceptors (Lipinski definition) is 1. The van der Waals surface area contributed by atoms with Crippen molar-refractivity contribution in [3.05, 3.63) is 52.9 Å². The van der Waals surface area contributed by atoms with E-state index in [0.29, 0.717) is 5.57 Å².